The van der Waals surface area contributed by atoms with Crippen LogP contribution in [0, 0.1) is 13.8 Å². The molecule has 0 saturated carbocycles. The summed E-state index contributed by atoms with van der Waals surface area (Å²) in [6.07, 6.45) is 0. The molecule has 0 bridgehead atoms. The molecule has 0 amide bonds. The van der Waals surface area contributed by atoms with E-state index in [4.69, 9.17) is 17.3 Å². The van der Waals surface area contributed by atoms with Gasteiger partial charge in [0.05, 0.1) is 23.3 Å². The topological polar surface area (TPSA) is 41.6 Å². The summed E-state index contributed by atoms with van der Waals surface area (Å²) in [5.41, 5.74) is 10.8. The second kappa shape index (κ2) is 5.41. The zero-order valence-electron chi connectivity index (χ0n) is 12.2. The molecule has 108 valence electrons. The molecule has 1 unspecified atom stereocenters. The maximum Gasteiger partial charge on any atom is 0.196 e. The summed E-state index contributed by atoms with van der Waals surface area (Å²) in [6, 6.07) is 14.3. The summed E-state index contributed by atoms with van der Waals surface area (Å²) in [5.74, 6) is 0.521. The van der Waals surface area contributed by atoms with Crippen molar-refractivity contribution < 1.29 is 0 Å². The maximum absolute atomic E-state index is 6.34. The summed E-state index contributed by atoms with van der Waals surface area (Å²) >= 11 is 6.34. The number of anilines is 1. The van der Waals surface area contributed by atoms with E-state index in [1.54, 1.807) is 0 Å². The lowest BCUT2D eigenvalue weighted by Crippen LogP contribution is -2.36. The van der Waals surface area contributed by atoms with E-state index in [9.17, 15) is 0 Å². The van der Waals surface area contributed by atoms with E-state index >= 15 is 0 Å². The van der Waals surface area contributed by atoms with E-state index in [0.29, 0.717) is 17.5 Å². The predicted octanol–water partition coefficient (Wildman–Crippen LogP) is 3.83. The van der Waals surface area contributed by atoms with Crippen LogP contribution in [0.25, 0.3) is 0 Å². The monoisotopic (exact) mass is 299 g/mol. The van der Waals surface area contributed by atoms with Crippen LogP contribution < -0.4 is 10.6 Å². The van der Waals surface area contributed by atoms with Crippen molar-refractivity contribution in [1.29, 1.82) is 0 Å². The van der Waals surface area contributed by atoms with Gasteiger partial charge in [-0.25, -0.2) is 0 Å². The first-order chi connectivity index (χ1) is 10.1. The van der Waals surface area contributed by atoms with Gasteiger partial charge in [-0.05, 0) is 37.1 Å². The molecule has 0 spiro atoms. The van der Waals surface area contributed by atoms with Crippen LogP contribution in [0.1, 0.15) is 22.7 Å². The second-order valence-electron chi connectivity index (χ2n) is 5.40. The number of aliphatic imine (C=N–C) groups is 1. The minimum Gasteiger partial charge on any atom is -0.369 e. The number of para-hydroxylation sites is 1. The third-order valence-electron chi connectivity index (χ3n) is 3.88. The van der Waals surface area contributed by atoms with Crippen LogP contribution in [0.2, 0.25) is 5.02 Å². The Hall–Kier alpha value is -2.00. The zero-order valence-corrected chi connectivity index (χ0v) is 12.9. The quantitative estimate of drug-likeness (QED) is 0.915. The normalized spacial score (nSPS) is 18.0. The largest absolute Gasteiger partial charge is 0.369 e. The van der Waals surface area contributed by atoms with Gasteiger partial charge in [-0.1, -0.05) is 47.5 Å². The number of halogens is 1. The number of guanidine groups is 1. The Balaban J connectivity index is 2.05. The standard InChI is InChI=1S/C17H18ClN3/c1-11-7-8-13(12(2)9-11)16-10-20-17(19)21(16)15-6-4-3-5-14(15)18/h3-9,16H,10H2,1-2H3,(H2,19,20). The van der Waals surface area contributed by atoms with E-state index in [-0.39, 0.29) is 6.04 Å². The van der Waals surface area contributed by atoms with Crippen molar-refractivity contribution in [2.75, 3.05) is 11.4 Å². The molecule has 0 saturated heterocycles. The molecule has 1 aliphatic rings. The molecule has 0 fully saturated rings. The first-order valence-electron chi connectivity index (χ1n) is 6.99. The smallest absolute Gasteiger partial charge is 0.196 e. The molecule has 0 aliphatic carbocycles. The van der Waals surface area contributed by atoms with Gasteiger partial charge in [-0.2, -0.15) is 0 Å². The molecule has 2 aromatic carbocycles. The van der Waals surface area contributed by atoms with Crippen LogP contribution in [0.15, 0.2) is 47.5 Å². The van der Waals surface area contributed by atoms with Crippen molar-refractivity contribution in [3.05, 3.63) is 64.2 Å². The molecular formula is C17H18ClN3. The van der Waals surface area contributed by atoms with Crippen LogP contribution in [0.4, 0.5) is 5.69 Å². The number of aryl methyl sites for hydroxylation is 2. The lowest BCUT2D eigenvalue weighted by molar-refractivity contribution is 0.762. The lowest BCUT2D eigenvalue weighted by atomic mass is 9.98. The highest BCUT2D eigenvalue weighted by Gasteiger charge is 2.30. The predicted molar refractivity (Wildman–Crippen MR) is 89.1 cm³/mol. The average molecular weight is 300 g/mol. The highest BCUT2D eigenvalue weighted by Crippen LogP contribution is 2.36. The van der Waals surface area contributed by atoms with Crippen molar-refractivity contribution in [2.24, 2.45) is 10.7 Å². The van der Waals surface area contributed by atoms with E-state index in [1.165, 1.54) is 16.7 Å². The van der Waals surface area contributed by atoms with Gasteiger partial charge in [0.2, 0.25) is 0 Å². The Kier molecular flexibility index (Phi) is 3.60. The Morgan fingerprint density at radius 1 is 1.19 bits per heavy atom. The van der Waals surface area contributed by atoms with Gasteiger partial charge in [-0.3, -0.25) is 4.99 Å². The van der Waals surface area contributed by atoms with Gasteiger partial charge < -0.3 is 10.6 Å². The van der Waals surface area contributed by atoms with Crippen molar-refractivity contribution in [1.82, 2.24) is 0 Å². The van der Waals surface area contributed by atoms with E-state index in [0.717, 1.165) is 5.69 Å². The minimum atomic E-state index is 0.102. The molecule has 2 aromatic rings. The van der Waals surface area contributed by atoms with E-state index < -0.39 is 0 Å². The van der Waals surface area contributed by atoms with Crippen LogP contribution in [-0.2, 0) is 0 Å². The molecule has 4 heteroatoms. The molecule has 0 aromatic heterocycles. The molecule has 3 nitrogen and oxygen atoms in total. The van der Waals surface area contributed by atoms with E-state index in [2.05, 4.69) is 37.0 Å². The Bertz CT molecular complexity index is 709. The highest BCUT2D eigenvalue weighted by molar-refractivity contribution is 6.33. The maximum atomic E-state index is 6.34. The summed E-state index contributed by atoms with van der Waals surface area (Å²) in [7, 11) is 0. The fourth-order valence-corrected chi connectivity index (χ4v) is 3.10. The van der Waals surface area contributed by atoms with Crippen molar-refractivity contribution in [3.63, 3.8) is 0 Å². The van der Waals surface area contributed by atoms with E-state index in [1.807, 2.05) is 29.2 Å². The third kappa shape index (κ3) is 2.49. The SMILES string of the molecule is Cc1ccc(C2CN=C(N)N2c2ccccc2Cl)c(C)c1. The highest BCUT2D eigenvalue weighted by atomic mass is 35.5. The molecule has 21 heavy (non-hydrogen) atoms. The molecule has 3 rings (SSSR count). The molecular weight excluding hydrogens is 282 g/mol. The van der Waals surface area contributed by atoms with Gasteiger partial charge in [0, 0.05) is 0 Å². The fourth-order valence-electron chi connectivity index (χ4n) is 2.87. The van der Waals surface area contributed by atoms with Gasteiger partial charge in [0.1, 0.15) is 0 Å². The number of nitrogens with zero attached hydrogens (tertiary/aromatic N) is 2. The molecule has 1 aliphatic heterocycles. The minimum absolute atomic E-state index is 0.102. The summed E-state index contributed by atoms with van der Waals surface area (Å²) in [6.45, 7) is 4.88. The lowest BCUT2D eigenvalue weighted by Gasteiger charge is -2.28. The van der Waals surface area contributed by atoms with Gasteiger partial charge in [-0.15, -0.1) is 0 Å². The summed E-state index contributed by atoms with van der Waals surface area (Å²) in [5, 5.41) is 0.687. The first kappa shape index (κ1) is 14.0. The summed E-state index contributed by atoms with van der Waals surface area (Å²) in [4.78, 5) is 6.45. The van der Waals surface area contributed by atoms with Crippen molar-refractivity contribution in [3.8, 4) is 0 Å². The molecule has 1 heterocycles. The first-order valence-corrected chi connectivity index (χ1v) is 7.36. The van der Waals surface area contributed by atoms with Gasteiger partial charge in [0.15, 0.2) is 5.96 Å². The Labute approximate surface area is 130 Å². The van der Waals surface area contributed by atoms with Crippen LogP contribution in [0.5, 0.6) is 0 Å². The van der Waals surface area contributed by atoms with Crippen LogP contribution in [-0.4, -0.2) is 12.5 Å². The van der Waals surface area contributed by atoms with Crippen molar-refractivity contribution >= 4 is 23.2 Å². The van der Waals surface area contributed by atoms with Crippen LogP contribution >= 0.6 is 11.6 Å². The average Bonchev–Trinajstić information content (AvgIpc) is 2.81. The van der Waals surface area contributed by atoms with Crippen molar-refractivity contribution in [2.45, 2.75) is 19.9 Å². The number of benzene rings is 2. The fraction of sp³-hybridized carbons (Fsp3) is 0.235. The van der Waals surface area contributed by atoms with Gasteiger partial charge in [0.25, 0.3) is 0 Å². The van der Waals surface area contributed by atoms with Crippen LogP contribution in [0.3, 0.4) is 0 Å². The number of hydrogen-bond donors (Lipinski definition) is 1. The molecule has 2 N–H and O–H groups in total. The Morgan fingerprint density at radius 2 is 1.95 bits per heavy atom. The summed E-state index contributed by atoms with van der Waals surface area (Å²) < 4.78 is 0. The Morgan fingerprint density at radius 3 is 2.67 bits per heavy atom. The zero-order chi connectivity index (χ0) is 15.0. The number of hydrogen-bond acceptors (Lipinski definition) is 3. The second-order valence-corrected chi connectivity index (χ2v) is 5.80. The number of nitrogens with two attached hydrogens (primary N) is 1. The molecule has 1 atom stereocenters. The number of rotatable bonds is 2. The third-order valence-corrected chi connectivity index (χ3v) is 4.20. The van der Waals surface area contributed by atoms with Gasteiger partial charge >= 0.3 is 0 Å². The molecule has 0 radical (unpaired) electrons.